The van der Waals surface area contributed by atoms with Crippen LogP contribution in [-0.4, -0.2) is 16.1 Å². The molecule has 0 saturated carbocycles. The van der Waals surface area contributed by atoms with E-state index < -0.39 is 6.36 Å². The Bertz CT molecular complexity index is 699. The quantitative estimate of drug-likeness (QED) is 0.710. The molecule has 3 nitrogen and oxygen atoms in total. The molecule has 0 N–H and O–H groups in total. The van der Waals surface area contributed by atoms with Gasteiger partial charge in [0.05, 0.1) is 11.2 Å². The average molecular weight is 278 g/mol. The number of aromatic nitrogens is 2. The Balaban J connectivity index is 1.90. The van der Waals surface area contributed by atoms with Crippen LogP contribution in [0.25, 0.3) is 16.6 Å². The molecule has 0 radical (unpaired) electrons. The fourth-order valence-electron chi connectivity index (χ4n) is 1.90. The molecule has 0 amide bonds. The number of ether oxygens (including phenoxy) is 1. The Morgan fingerprint density at radius 2 is 1.65 bits per heavy atom. The van der Waals surface area contributed by atoms with E-state index >= 15 is 0 Å². The van der Waals surface area contributed by atoms with Crippen molar-refractivity contribution in [1.29, 1.82) is 0 Å². The smallest absolute Gasteiger partial charge is 0.406 e. The number of halogens is 3. The van der Waals surface area contributed by atoms with Gasteiger partial charge in [0, 0.05) is 11.6 Å². The van der Waals surface area contributed by atoms with E-state index in [0.717, 1.165) is 10.9 Å². The fourth-order valence-corrected chi connectivity index (χ4v) is 1.90. The second-order valence-corrected chi connectivity index (χ2v) is 4.17. The average Bonchev–Trinajstić information content (AvgIpc) is 2.81. The molecule has 3 rings (SSSR count). The number of fused-ring (bicyclic) bond motifs is 1. The summed E-state index contributed by atoms with van der Waals surface area (Å²) in [7, 11) is 0. The van der Waals surface area contributed by atoms with E-state index in [2.05, 4.69) is 9.84 Å². The summed E-state index contributed by atoms with van der Waals surface area (Å²) >= 11 is 0. The van der Waals surface area contributed by atoms with Gasteiger partial charge in [-0.1, -0.05) is 18.2 Å². The summed E-state index contributed by atoms with van der Waals surface area (Å²) in [6.07, 6.45) is -2.86. The number of hydrogen-bond acceptors (Lipinski definition) is 2. The highest BCUT2D eigenvalue weighted by molar-refractivity contribution is 5.78. The summed E-state index contributed by atoms with van der Waals surface area (Å²) in [5, 5.41) is 5.30. The van der Waals surface area contributed by atoms with Crippen LogP contribution < -0.4 is 4.74 Å². The lowest BCUT2D eigenvalue weighted by atomic mass is 10.3. The van der Waals surface area contributed by atoms with Crippen LogP contribution in [0.5, 0.6) is 5.75 Å². The van der Waals surface area contributed by atoms with E-state index in [-0.39, 0.29) is 5.75 Å². The topological polar surface area (TPSA) is 27.1 Å². The maximum absolute atomic E-state index is 12.1. The van der Waals surface area contributed by atoms with Crippen LogP contribution in [0.2, 0.25) is 0 Å². The molecule has 0 aliphatic carbocycles. The molecule has 0 fully saturated rings. The summed E-state index contributed by atoms with van der Waals surface area (Å²) in [6.45, 7) is 0. The van der Waals surface area contributed by atoms with E-state index in [1.807, 2.05) is 30.5 Å². The highest BCUT2D eigenvalue weighted by Gasteiger charge is 2.30. The SMILES string of the molecule is FC(F)(F)Oc1ccc(-n2cc3ccccc3n2)cc1. The minimum Gasteiger partial charge on any atom is -0.406 e. The molecule has 0 unspecified atom stereocenters. The Morgan fingerprint density at radius 3 is 2.30 bits per heavy atom. The zero-order valence-electron chi connectivity index (χ0n) is 10.1. The van der Waals surface area contributed by atoms with Crippen LogP contribution >= 0.6 is 0 Å². The van der Waals surface area contributed by atoms with Crippen LogP contribution in [0.4, 0.5) is 13.2 Å². The van der Waals surface area contributed by atoms with Gasteiger partial charge >= 0.3 is 6.36 Å². The van der Waals surface area contributed by atoms with E-state index in [9.17, 15) is 13.2 Å². The van der Waals surface area contributed by atoms with Gasteiger partial charge in [-0.15, -0.1) is 13.2 Å². The first-order chi connectivity index (χ1) is 9.51. The van der Waals surface area contributed by atoms with E-state index in [4.69, 9.17) is 0 Å². The first-order valence-electron chi connectivity index (χ1n) is 5.82. The summed E-state index contributed by atoms with van der Waals surface area (Å²) < 4.78 is 41.6. The molecular weight excluding hydrogens is 269 g/mol. The molecule has 1 heterocycles. The summed E-state index contributed by atoms with van der Waals surface area (Å²) in [5.41, 5.74) is 1.49. The van der Waals surface area contributed by atoms with Gasteiger partial charge in [-0.05, 0) is 30.3 Å². The van der Waals surface area contributed by atoms with Gasteiger partial charge in [-0.25, -0.2) is 4.68 Å². The van der Waals surface area contributed by atoms with E-state index in [1.54, 1.807) is 4.68 Å². The van der Waals surface area contributed by atoms with Gasteiger partial charge in [-0.2, -0.15) is 5.10 Å². The molecule has 0 aliphatic rings. The molecule has 0 saturated heterocycles. The second kappa shape index (κ2) is 4.56. The number of alkyl halides is 3. The third kappa shape index (κ3) is 2.59. The van der Waals surface area contributed by atoms with Crippen LogP contribution in [0, 0.1) is 0 Å². The molecule has 20 heavy (non-hydrogen) atoms. The zero-order valence-corrected chi connectivity index (χ0v) is 10.1. The summed E-state index contributed by atoms with van der Waals surface area (Å²) in [6, 6.07) is 13.1. The summed E-state index contributed by atoms with van der Waals surface area (Å²) in [4.78, 5) is 0. The predicted octanol–water partition coefficient (Wildman–Crippen LogP) is 3.92. The minimum absolute atomic E-state index is 0.252. The minimum atomic E-state index is -4.68. The first-order valence-corrected chi connectivity index (χ1v) is 5.82. The van der Waals surface area contributed by atoms with E-state index in [1.165, 1.54) is 24.3 Å². The van der Waals surface area contributed by atoms with Crippen molar-refractivity contribution in [2.24, 2.45) is 0 Å². The van der Waals surface area contributed by atoms with Crippen molar-refractivity contribution in [1.82, 2.24) is 9.78 Å². The maximum Gasteiger partial charge on any atom is 0.573 e. The van der Waals surface area contributed by atoms with Gasteiger partial charge in [0.2, 0.25) is 0 Å². The van der Waals surface area contributed by atoms with Crippen LogP contribution in [0.15, 0.2) is 54.7 Å². The Kier molecular flexibility index (Phi) is 2.85. The largest absolute Gasteiger partial charge is 0.573 e. The van der Waals surface area contributed by atoms with Crippen molar-refractivity contribution in [2.45, 2.75) is 6.36 Å². The van der Waals surface area contributed by atoms with Crippen molar-refractivity contribution < 1.29 is 17.9 Å². The molecule has 3 aromatic rings. The Hall–Kier alpha value is -2.50. The second-order valence-electron chi connectivity index (χ2n) is 4.17. The maximum atomic E-state index is 12.1. The normalized spacial score (nSPS) is 11.8. The number of hydrogen-bond donors (Lipinski definition) is 0. The zero-order chi connectivity index (χ0) is 14.2. The number of rotatable bonds is 2. The molecule has 0 bridgehead atoms. The van der Waals surface area contributed by atoms with Crippen LogP contribution in [-0.2, 0) is 0 Å². The van der Waals surface area contributed by atoms with Gasteiger partial charge in [-0.3, -0.25) is 0 Å². The third-order valence-electron chi connectivity index (χ3n) is 2.75. The lowest BCUT2D eigenvalue weighted by molar-refractivity contribution is -0.274. The van der Waals surface area contributed by atoms with Crippen molar-refractivity contribution >= 4 is 10.9 Å². The lowest BCUT2D eigenvalue weighted by Gasteiger charge is -2.09. The number of nitrogens with zero attached hydrogens (tertiary/aromatic N) is 2. The van der Waals surface area contributed by atoms with Crippen molar-refractivity contribution in [3.8, 4) is 11.4 Å². The summed E-state index contributed by atoms with van der Waals surface area (Å²) in [5.74, 6) is -0.252. The van der Waals surface area contributed by atoms with Gasteiger partial charge in [0.25, 0.3) is 0 Å². The highest BCUT2D eigenvalue weighted by Crippen LogP contribution is 2.24. The van der Waals surface area contributed by atoms with Gasteiger partial charge < -0.3 is 4.74 Å². The molecule has 0 aliphatic heterocycles. The predicted molar refractivity (Wildman–Crippen MR) is 67.8 cm³/mol. The van der Waals surface area contributed by atoms with Gasteiger partial charge in [0.1, 0.15) is 5.75 Å². The molecule has 6 heteroatoms. The molecule has 0 spiro atoms. The first kappa shape index (κ1) is 12.5. The van der Waals surface area contributed by atoms with Crippen LogP contribution in [0.1, 0.15) is 0 Å². The van der Waals surface area contributed by atoms with E-state index in [0.29, 0.717) is 5.69 Å². The third-order valence-corrected chi connectivity index (χ3v) is 2.75. The van der Waals surface area contributed by atoms with Crippen molar-refractivity contribution in [3.63, 3.8) is 0 Å². The van der Waals surface area contributed by atoms with Crippen molar-refractivity contribution in [2.75, 3.05) is 0 Å². The lowest BCUT2D eigenvalue weighted by Crippen LogP contribution is -2.17. The fraction of sp³-hybridized carbons (Fsp3) is 0.0714. The molecule has 2 aromatic carbocycles. The van der Waals surface area contributed by atoms with Crippen LogP contribution in [0.3, 0.4) is 0 Å². The molecule has 1 aromatic heterocycles. The molecular formula is C14H9F3N2O. The number of benzene rings is 2. The molecule has 102 valence electrons. The highest BCUT2D eigenvalue weighted by atomic mass is 19.4. The molecule has 0 atom stereocenters. The Labute approximate surface area is 112 Å². The Morgan fingerprint density at radius 1 is 0.950 bits per heavy atom. The monoisotopic (exact) mass is 278 g/mol. The van der Waals surface area contributed by atoms with Gasteiger partial charge in [0.15, 0.2) is 0 Å². The standard InChI is InChI=1S/C14H9F3N2O/c15-14(16,17)20-12-7-5-11(6-8-12)19-9-10-3-1-2-4-13(10)18-19/h1-9H. The van der Waals surface area contributed by atoms with Crippen molar-refractivity contribution in [3.05, 3.63) is 54.7 Å².